The van der Waals surface area contributed by atoms with Crippen molar-refractivity contribution in [2.45, 2.75) is 13.0 Å². The molecule has 0 aliphatic carbocycles. The van der Waals surface area contributed by atoms with Gasteiger partial charge in [-0.1, -0.05) is 12.6 Å². The van der Waals surface area contributed by atoms with Crippen molar-refractivity contribution in [2.24, 2.45) is 0 Å². The summed E-state index contributed by atoms with van der Waals surface area (Å²) in [6, 6.07) is 2.91. The Morgan fingerprint density at radius 2 is 2.30 bits per heavy atom. The van der Waals surface area contributed by atoms with Crippen LogP contribution >= 0.6 is 0 Å². The van der Waals surface area contributed by atoms with Crippen molar-refractivity contribution >= 4 is 18.6 Å². The molecule has 0 spiro atoms. The van der Waals surface area contributed by atoms with Crippen molar-refractivity contribution in [3.8, 4) is 5.75 Å². The second-order valence-electron chi connectivity index (χ2n) is 4.20. The van der Waals surface area contributed by atoms with Crippen LogP contribution in [0.1, 0.15) is 18.6 Å². The van der Waals surface area contributed by atoms with Crippen LogP contribution in [0.5, 0.6) is 5.75 Å². The molecular weight excluding hydrogens is 266 g/mol. The SMILES string of the molecule is C=C(C(=O)OC)C1OB(O)c2ccc(OCC)c(F)c21. The van der Waals surface area contributed by atoms with E-state index in [-0.39, 0.29) is 22.3 Å². The summed E-state index contributed by atoms with van der Waals surface area (Å²) in [4.78, 5) is 11.5. The Bertz CT molecular complexity index is 560. The van der Waals surface area contributed by atoms with Gasteiger partial charge < -0.3 is 19.2 Å². The highest BCUT2D eigenvalue weighted by Gasteiger charge is 2.41. The number of halogens is 1. The van der Waals surface area contributed by atoms with E-state index in [4.69, 9.17) is 9.39 Å². The third-order valence-corrected chi connectivity index (χ3v) is 3.04. The maximum atomic E-state index is 14.4. The molecule has 1 atom stereocenters. The van der Waals surface area contributed by atoms with Gasteiger partial charge in [-0.25, -0.2) is 9.18 Å². The first-order valence-electron chi connectivity index (χ1n) is 6.07. The Morgan fingerprint density at radius 1 is 1.60 bits per heavy atom. The number of hydrogen-bond acceptors (Lipinski definition) is 5. The van der Waals surface area contributed by atoms with Gasteiger partial charge in [-0.3, -0.25) is 0 Å². The largest absolute Gasteiger partial charge is 0.492 e. The first kappa shape index (κ1) is 14.6. The van der Waals surface area contributed by atoms with Crippen LogP contribution in [0, 0.1) is 5.82 Å². The van der Waals surface area contributed by atoms with Gasteiger partial charge >= 0.3 is 13.1 Å². The molecule has 7 heteroatoms. The second kappa shape index (κ2) is 5.64. The number of fused-ring (bicyclic) bond motifs is 1. The molecule has 5 nitrogen and oxygen atoms in total. The molecule has 0 amide bonds. The van der Waals surface area contributed by atoms with Gasteiger partial charge in [-0.2, -0.15) is 0 Å². The fraction of sp³-hybridized carbons (Fsp3) is 0.308. The van der Waals surface area contributed by atoms with E-state index >= 15 is 0 Å². The zero-order valence-electron chi connectivity index (χ0n) is 11.2. The molecule has 0 bridgehead atoms. The maximum absolute atomic E-state index is 14.4. The number of ether oxygens (including phenoxy) is 2. The first-order valence-corrected chi connectivity index (χ1v) is 6.07. The van der Waals surface area contributed by atoms with Gasteiger partial charge in [0.25, 0.3) is 0 Å². The molecule has 0 aromatic heterocycles. The van der Waals surface area contributed by atoms with Crippen LogP contribution in [-0.4, -0.2) is 31.8 Å². The van der Waals surface area contributed by atoms with E-state index in [1.807, 2.05) is 0 Å². The van der Waals surface area contributed by atoms with Crippen LogP contribution in [0.15, 0.2) is 24.3 Å². The molecule has 1 N–H and O–H groups in total. The summed E-state index contributed by atoms with van der Waals surface area (Å²) >= 11 is 0. The molecule has 0 saturated heterocycles. The molecule has 1 aliphatic heterocycles. The maximum Gasteiger partial charge on any atom is 0.492 e. The molecule has 1 aromatic rings. The molecule has 1 unspecified atom stereocenters. The fourth-order valence-electron chi connectivity index (χ4n) is 2.10. The van der Waals surface area contributed by atoms with Crippen molar-refractivity contribution in [3.63, 3.8) is 0 Å². The average Bonchev–Trinajstić information content (AvgIpc) is 2.78. The molecule has 0 fully saturated rings. The Kier molecular flexibility index (Phi) is 4.10. The van der Waals surface area contributed by atoms with Crippen molar-refractivity contribution in [2.75, 3.05) is 13.7 Å². The van der Waals surface area contributed by atoms with Gasteiger partial charge in [0.15, 0.2) is 11.6 Å². The molecule has 2 rings (SSSR count). The van der Waals surface area contributed by atoms with E-state index in [0.29, 0.717) is 6.61 Å². The van der Waals surface area contributed by atoms with Crippen molar-refractivity contribution in [1.29, 1.82) is 0 Å². The molecule has 1 aliphatic rings. The summed E-state index contributed by atoms with van der Waals surface area (Å²) in [7, 11) is -0.131. The number of methoxy groups -OCH3 is 1. The molecule has 0 radical (unpaired) electrons. The zero-order valence-corrected chi connectivity index (χ0v) is 11.2. The Balaban J connectivity index is 2.47. The molecular formula is C13H14BFO5. The number of esters is 1. The Morgan fingerprint density at radius 3 is 2.90 bits per heavy atom. The smallest absolute Gasteiger partial charge is 0.491 e. The number of hydrogen-bond donors (Lipinski definition) is 1. The average molecular weight is 280 g/mol. The van der Waals surface area contributed by atoms with Crippen molar-refractivity contribution < 1.29 is 28.3 Å². The summed E-state index contributed by atoms with van der Waals surface area (Å²) in [5.41, 5.74) is 0.220. The summed E-state index contributed by atoms with van der Waals surface area (Å²) in [5, 5.41) is 9.78. The number of benzene rings is 1. The van der Waals surface area contributed by atoms with Gasteiger partial charge in [0.1, 0.15) is 6.10 Å². The topological polar surface area (TPSA) is 65.0 Å². The Labute approximate surface area is 116 Å². The van der Waals surface area contributed by atoms with E-state index < -0.39 is 25.0 Å². The van der Waals surface area contributed by atoms with Crippen LogP contribution in [0.4, 0.5) is 4.39 Å². The third kappa shape index (κ3) is 2.30. The fourth-order valence-corrected chi connectivity index (χ4v) is 2.10. The van der Waals surface area contributed by atoms with Gasteiger partial charge in [-0.05, 0) is 18.5 Å². The van der Waals surface area contributed by atoms with Gasteiger partial charge in [0.05, 0.1) is 19.3 Å². The normalized spacial score (nSPS) is 16.8. The lowest BCUT2D eigenvalue weighted by Gasteiger charge is -2.15. The van der Waals surface area contributed by atoms with Crippen molar-refractivity contribution in [3.05, 3.63) is 35.7 Å². The highest BCUT2D eigenvalue weighted by atomic mass is 19.1. The predicted molar refractivity (Wildman–Crippen MR) is 70.2 cm³/mol. The Hall–Kier alpha value is -1.86. The standard InChI is InChI=1S/C13H14BFO5/c1-4-19-9-6-5-8-10(11(9)15)12(20-14(8)17)7(2)13(16)18-3/h5-6,12,17H,2,4H2,1,3H3. The van der Waals surface area contributed by atoms with E-state index in [1.165, 1.54) is 19.2 Å². The number of carbonyl (C=O) groups excluding carboxylic acids is 1. The second-order valence-corrected chi connectivity index (χ2v) is 4.20. The lowest BCUT2D eigenvalue weighted by molar-refractivity contribution is -0.137. The first-order chi connectivity index (χ1) is 9.51. The predicted octanol–water partition coefficient (Wildman–Crippen LogP) is 0.712. The van der Waals surface area contributed by atoms with E-state index in [9.17, 15) is 14.2 Å². The van der Waals surface area contributed by atoms with E-state index in [2.05, 4.69) is 11.3 Å². The minimum Gasteiger partial charge on any atom is -0.491 e. The summed E-state index contributed by atoms with van der Waals surface area (Å²) in [5.74, 6) is -1.36. The zero-order chi connectivity index (χ0) is 14.9. The van der Waals surface area contributed by atoms with Crippen LogP contribution in [0.2, 0.25) is 0 Å². The molecule has 20 heavy (non-hydrogen) atoms. The monoisotopic (exact) mass is 280 g/mol. The number of carbonyl (C=O) groups is 1. The van der Waals surface area contributed by atoms with Crippen molar-refractivity contribution in [1.82, 2.24) is 0 Å². The summed E-state index contributed by atoms with van der Waals surface area (Å²) in [6.07, 6.45) is -1.09. The van der Waals surface area contributed by atoms with Gasteiger partial charge in [0.2, 0.25) is 0 Å². The van der Waals surface area contributed by atoms with Crippen LogP contribution in [0.3, 0.4) is 0 Å². The van der Waals surface area contributed by atoms with E-state index in [0.717, 1.165) is 0 Å². The molecule has 1 aromatic carbocycles. The quantitative estimate of drug-likeness (QED) is 0.500. The minimum atomic E-state index is -1.32. The highest BCUT2D eigenvalue weighted by molar-refractivity contribution is 6.62. The van der Waals surface area contributed by atoms with Crippen LogP contribution in [-0.2, 0) is 14.2 Å². The van der Waals surface area contributed by atoms with Crippen LogP contribution in [0.25, 0.3) is 0 Å². The van der Waals surface area contributed by atoms with Crippen LogP contribution < -0.4 is 10.2 Å². The van der Waals surface area contributed by atoms with Gasteiger partial charge in [0, 0.05) is 5.56 Å². The summed E-state index contributed by atoms with van der Waals surface area (Å²) < 4.78 is 29.3. The summed E-state index contributed by atoms with van der Waals surface area (Å²) in [6.45, 7) is 5.56. The van der Waals surface area contributed by atoms with Gasteiger partial charge in [-0.15, -0.1) is 0 Å². The highest BCUT2D eigenvalue weighted by Crippen LogP contribution is 2.35. The lowest BCUT2D eigenvalue weighted by Crippen LogP contribution is -2.28. The lowest BCUT2D eigenvalue weighted by atomic mass is 9.78. The molecule has 1 heterocycles. The van der Waals surface area contributed by atoms with E-state index in [1.54, 1.807) is 6.92 Å². The minimum absolute atomic E-state index is 0.0339. The number of rotatable bonds is 4. The third-order valence-electron chi connectivity index (χ3n) is 3.04. The molecule has 0 saturated carbocycles. The molecule has 106 valence electrons.